The van der Waals surface area contributed by atoms with Gasteiger partial charge in [-0.25, -0.2) is 0 Å². The average molecular weight is 283 g/mol. The van der Waals surface area contributed by atoms with Gasteiger partial charge in [0.2, 0.25) is 0 Å². The van der Waals surface area contributed by atoms with Crippen molar-refractivity contribution in [3.8, 4) is 5.75 Å². The molecule has 2 unspecified atom stereocenters. The Morgan fingerprint density at radius 2 is 2.00 bits per heavy atom. The van der Waals surface area contributed by atoms with Crippen LogP contribution in [-0.2, 0) is 0 Å². The Morgan fingerprint density at radius 3 is 2.62 bits per heavy atom. The predicted molar refractivity (Wildman–Crippen MR) is 71.5 cm³/mol. The molecule has 0 spiro atoms. The Balaban J connectivity index is 2.25. The predicted octanol–water partition coefficient (Wildman–Crippen LogP) is 4.50. The first-order chi connectivity index (χ1) is 7.68. The molecule has 88 valence electrons. The van der Waals surface area contributed by atoms with E-state index >= 15 is 0 Å². The van der Waals surface area contributed by atoms with Gasteiger partial charge in [0.05, 0.1) is 6.10 Å². The van der Waals surface area contributed by atoms with E-state index in [0.717, 1.165) is 5.75 Å². The second-order valence-electron chi connectivity index (χ2n) is 4.76. The first-order valence-corrected chi connectivity index (χ1v) is 6.99. The lowest BCUT2D eigenvalue weighted by Gasteiger charge is -2.20. The summed E-state index contributed by atoms with van der Waals surface area (Å²) >= 11 is 3.79. The van der Waals surface area contributed by atoms with Gasteiger partial charge in [-0.15, -0.1) is 0 Å². The quantitative estimate of drug-likeness (QED) is 0.742. The van der Waals surface area contributed by atoms with Crippen molar-refractivity contribution in [3.05, 3.63) is 29.8 Å². The molecule has 2 atom stereocenters. The van der Waals surface area contributed by atoms with Crippen LogP contribution in [0.5, 0.6) is 5.75 Å². The fourth-order valence-corrected chi connectivity index (χ4v) is 3.29. The van der Waals surface area contributed by atoms with Gasteiger partial charge >= 0.3 is 0 Å². The van der Waals surface area contributed by atoms with Gasteiger partial charge in [0.15, 0.2) is 0 Å². The van der Waals surface area contributed by atoms with Crippen molar-refractivity contribution >= 4 is 15.9 Å². The molecule has 1 fully saturated rings. The van der Waals surface area contributed by atoms with Gasteiger partial charge in [-0.1, -0.05) is 40.5 Å². The summed E-state index contributed by atoms with van der Waals surface area (Å²) in [7, 11) is 0. The maximum absolute atomic E-state index is 5.89. The molecule has 1 saturated carbocycles. The van der Waals surface area contributed by atoms with E-state index in [1.165, 1.54) is 24.8 Å². The first-order valence-electron chi connectivity index (χ1n) is 6.08. The Hall–Kier alpha value is -0.500. The molecular formula is C14H19BrO. The van der Waals surface area contributed by atoms with Crippen LogP contribution in [0.3, 0.4) is 0 Å². The molecule has 0 heterocycles. The highest BCUT2D eigenvalue weighted by Crippen LogP contribution is 2.42. The molecule has 2 heteroatoms. The maximum atomic E-state index is 5.89. The number of para-hydroxylation sites is 1. The lowest BCUT2D eigenvalue weighted by Crippen LogP contribution is -2.11. The molecule has 0 bridgehead atoms. The van der Waals surface area contributed by atoms with Crippen LogP contribution in [0.1, 0.15) is 44.6 Å². The Bertz CT molecular complexity index is 348. The molecule has 1 aliphatic carbocycles. The molecule has 1 aliphatic rings. The summed E-state index contributed by atoms with van der Waals surface area (Å²) in [5.74, 6) is 1.68. The molecule has 16 heavy (non-hydrogen) atoms. The van der Waals surface area contributed by atoms with Gasteiger partial charge in [0.25, 0.3) is 0 Å². The number of benzene rings is 1. The van der Waals surface area contributed by atoms with Crippen molar-refractivity contribution in [2.45, 2.75) is 50.0 Å². The van der Waals surface area contributed by atoms with E-state index in [1.807, 2.05) is 0 Å². The molecule has 0 aliphatic heterocycles. The number of halogens is 1. The van der Waals surface area contributed by atoms with Gasteiger partial charge in [-0.3, -0.25) is 0 Å². The fourth-order valence-electron chi connectivity index (χ4n) is 2.41. The Morgan fingerprint density at radius 1 is 1.25 bits per heavy atom. The van der Waals surface area contributed by atoms with E-state index in [-0.39, 0.29) is 6.10 Å². The molecule has 0 N–H and O–H groups in total. The van der Waals surface area contributed by atoms with E-state index < -0.39 is 0 Å². The SMILES string of the molecule is CC(C)Oc1ccccc1C1CCCC1Br. The van der Waals surface area contributed by atoms with Crippen LogP contribution < -0.4 is 4.74 Å². The van der Waals surface area contributed by atoms with E-state index in [1.54, 1.807) is 0 Å². The molecule has 0 aromatic heterocycles. The highest BCUT2D eigenvalue weighted by Gasteiger charge is 2.28. The summed E-state index contributed by atoms with van der Waals surface area (Å²) in [4.78, 5) is 0.615. The molecule has 2 rings (SSSR count). The molecule has 1 aromatic carbocycles. The lowest BCUT2D eigenvalue weighted by molar-refractivity contribution is 0.239. The standard InChI is InChI=1S/C14H19BrO/c1-10(2)16-14-9-4-3-6-12(14)11-7-5-8-13(11)15/h3-4,6,9-11,13H,5,7-8H2,1-2H3. The van der Waals surface area contributed by atoms with E-state index in [2.05, 4.69) is 54.0 Å². The van der Waals surface area contributed by atoms with E-state index in [9.17, 15) is 0 Å². The largest absolute Gasteiger partial charge is 0.491 e. The zero-order valence-corrected chi connectivity index (χ0v) is 11.5. The molecular weight excluding hydrogens is 264 g/mol. The highest BCUT2D eigenvalue weighted by molar-refractivity contribution is 9.09. The topological polar surface area (TPSA) is 9.23 Å². The molecule has 0 saturated heterocycles. The highest BCUT2D eigenvalue weighted by atomic mass is 79.9. The van der Waals surface area contributed by atoms with Crippen LogP contribution in [0, 0.1) is 0 Å². The summed E-state index contributed by atoms with van der Waals surface area (Å²) < 4.78 is 5.89. The third-order valence-electron chi connectivity index (χ3n) is 3.11. The monoisotopic (exact) mass is 282 g/mol. The minimum Gasteiger partial charge on any atom is -0.491 e. The van der Waals surface area contributed by atoms with E-state index in [4.69, 9.17) is 4.74 Å². The maximum Gasteiger partial charge on any atom is 0.123 e. The Kier molecular flexibility index (Phi) is 3.91. The second kappa shape index (κ2) is 5.22. The van der Waals surface area contributed by atoms with Crippen LogP contribution in [0.15, 0.2) is 24.3 Å². The smallest absolute Gasteiger partial charge is 0.123 e. The van der Waals surface area contributed by atoms with Crippen LogP contribution in [0.25, 0.3) is 0 Å². The van der Waals surface area contributed by atoms with Gasteiger partial charge in [0, 0.05) is 10.7 Å². The zero-order valence-electron chi connectivity index (χ0n) is 9.95. The third-order valence-corrected chi connectivity index (χ3v) is 4.21. The summed E-state index contributed by atoms with van der Waals surface area (Å²) in [5, 5.41) is 0. The number of hydrogen-bond acceptors (Lipinski definition) is 1. The Labute approximate surface area is 106 Å². The second-order valence-corrected chi connectivity index (χ2v) is 5.93. The van der Waals surface area contributed by atoms with Gasteiger partial charge < -0.3 is 4.74 Å². The van der Waals surface area contributed by atoms with Crippen molar-refractivity contribution in [1.29, 1.82) is 0 Å². The van der Waals surface area contributed by atoms with E-state index in [0.29, 0.717) is 10.7 Å². The molecule has 0 amide bonds. The minimum atomic E-state index is 0.247. The average Bonchev–Trinajstić information content (AvgIpc) is 2.64. The lowest BCUT2D eigenvalue weighted by atomic mass is 9.96. The van der Waals surface area contributed by atoms with Crippen LogP contribution in [-0.4, -0.2) is 10.9 Å². The number of ether oxygens (including phenoxy) is 1. The van der Waals surface area contributed by atoms with Crippen molar-refractivity contribution in [3.63, 3.8) is 0 Å². The van der Waals surface area contributed by atoms with Crippen LogP contribution >= 0.6 is 15.9 Å². The summed E-state index contributed by atoms with van der Waals surface area (Å²) in [6, 6.07) is 8.47. The van der Waals surface area contributed by atoms with Crippen molar-refractivity contribution in [2.75, 3.05) is 0 Å². The molecule has 1 aromatic rings. The fraction of sp³-hybridized carbons (Fsp3) is 0.571. The van der Waals surface area contributed by atoms with Crippen LogP contribution in [0.2, 0.25) is 0 Å². The van der Waals surface area contributed by atoms with Crippen molar-refractivity contribution in [2.24, 2.45) is 0 Å². The van der Waals surface area contributed by atoms with Crippen molar-refractivity contribution in [1.82, 2.24) is 0 Å². The minimum absolute atomic E-state index is 0.247. The van der Waals surface area contributed by atoms with Gasteiger partial charge in [-0.05, 0) is 38.3 Å². The first kappa shape index (κ1) is 12.0. The number of hydrogen-bond donors (Lipinski definition) is 0. The van der Waals surface area contributed by atoms with Gasteiger partial charge in [-0.2, -0.15) is 0 Å². The summed E-state index contributed by atoms with van der Waals surface area (Å²) in [6.07, 6.45) is 4.11. The molecule has 0 radical (unpaired) electrons. The number of alkyl halides is 1. The zero-order chi connectivity index (χ0) is 11.5. The normalized spacial score (nSPS) is 25.0. The van der Waals surface area contributed by atoms with Gasteiger partial charge in [0.1, 0.15) is 5.75 Å². The summed E-state index contributed by atoms with van der Waals surface area (Å²) in [6.45, 7) is 4.16. The third kappa shape index (κ3) is 2.60. The van der Waals surface area contributed by atoms with Crippen molar-refractivity contribution < 1.29 is 4.74 Å². The summed E-state index contributed by atoms with van der Waals surface area (Å²) in [5.41, 5.74) is 1.37. The number of rotatable bonds is 3. The van der Waals surface area contributed by atoms with Crippen LogP contribution in [0.4, 0.5) is 0 Å². The molecule has 1 nitrogen and oxygen atoms in total.